The van der Waals surface area contributed by atoms with Crippen molar-refractivity contribution in [1.82, 2.24) is 6.15 Å². The maximum Gasteiger partial charge on any atom is 0.647 e. The van der Waals surface area contributed by atoms with Crippen LogP contribution >= 0.6 is 7.82 Å². The first kappa shape index (κ1) is 25.8. The van der Waals surface area contributed by atoms with Crippen LogP contribution in [-0.4, -0.2) is 11.1 Å². The van der Waals surface area contributed by atoms with Gasteiger partial charge in [0.1, 0.15) is 17.2 Å². The molecule has 0 saturated heterocycles. The monoisotopic (exact) mass is 445 g/mol. The summed E-state index contributed by atoms with van der Waals surface area (Å²) in [5.41, 5.74) is 3.23. The van der Waals surface area contributed by atoms with Crippen molar-refractivity contribution in [2.24, 2.45) is 0 Å². The summed E-state index contributed by atoms with van der Waals surface area (Å²) < 4.78 is 30.2. The third-order valence-electron chi connectivity index (χ3n) is 3.71. The molecule has 8 heteroatoms. The van der Waals surface area contributed by atoms with Gasteiger partial charge in [0, 0.05) is 6.92 Å². The van der Waals surface area contributed by atoms with Gasteiger partial charge in [-0.25, -0.2) is 0 Å². The molecule has 4 N–H and O–H groups in total. The molecular weight excluding hydrogens is 417 g/mol. The smallest absolute Gasteiger partial charge is 0.481 e. The lowest BCUT2D eigenvalue weighted by atomic mass is 10.2. The number of aliphatic carboxylic acids is 1. The summed E-state index contributed by atoms with van der Waals surface area (Å²) >= 11 is 0. The molecule has 0 atom stereocenters. The number of carboxylic acids is 1. The fourth-order valence-electron chi connectivity index (χ4n) is 2.24. The molecule has 0 unspecified atom stereocenters. The Labute approximate surface area is 182 Å². The van der Waals surface area contributed by atoms with Gasteiger partial charge in [-0.15, -0.1) is 0 Å². The normalized spacial score (nSPS) is 10.1. The zero-order valence-corrected chi connectivity index (χ0v) is 19.0. The Hall–Kier alpha value is -3.28. The van der Waals surface area contributed by atoms with E-state index in [1.54, 1.807) is 36.4 Å². The molecule has 7 nitrogen and oxygen atoms in total. The van der Waals surface area contributed by atoms with Gasteiger partial charge in [-0.2, -0.15) is 4.57 Å². The molecule has 0 spiro atoms. The largest absolute Gasteiger partial charge is 0.647 e. The number of carboxylic acid groups (broad SMARTS) is 1. The Balaban J connectivity index is 0.000000885. The van der Waals surface area contributed by atoms with E-state index >= 15 is 0 Å². The highest BCUT2D eigenvalue weighted by Gasteiger charge is 2.33. The zero-order chi connectivity index (χ0) is 22.1. The van der Waals surface area contributed by atoms with Crippen LogP contribution in [0.5, 0.6) is 17.2 Å². The second kappa shape index (κ2) is 11.8. The first-order chi connectivity index (χ1) is 14.1. The Morgan fingerprint density at radius 3 is 1.03 bits per heavy atom. The second-order valence-electron chi connectivity index (χ2n) is 6.68. The van der Waals surface area contributed by atoms with E-state index in [4.69, 9.17) is 23.5 Å². The molecule has 0 amide bonds. The summed E-state index contributed by atoms with van der Waals surface area (Å²) in [4.78, 5) is 9.00. The standard InChI is InChI=1S/C21H21O4P.C2H4O2.H3N/c1-16-4-10-19(11-5-16)23-26(22,24-20-12-6-17(2)7-13-20)25-21-14-8-18(3)9-15-21;1-2(3)4;/h4-15H,1-3H3;1H3,(H,3,4);1H3. The molecular formula is C23H28NO6P. The van der Waals surface area contributed by atoms with Crippen LogP contribution in [0.3, 0.4) is 0 Å². The summed E-state index contributed by atoms with van der Waals surface area (Å²) in [6, 6.07) is 21.6. The molecule has 31 heavy (non-hydrogen) atoms. The molecule has 0 aliphatic heterocycles. The van der Waals surface area contributed by atoms with E-state index in [0.717, 1.165) is 23.6 Å². The Bertz CT molecular complexity index is 875. The van der Waals surface area contributed by atoms with Gasteiger partial charge in [-0.05, 0) is 57.2 Å². The van der Waals surface area contributed by atoms with E-state index < -0.39 is 13.8 Å². The molecule has 0 saturated carbocycles. The minimum atomic E-state index is -3.93. The van der Waals surface area contributed by atoms with Gasteiger partial charge >= 0.3 is 7.82 Å². The maximum atomic E-state index is 13.3. The molecule has 0 heterocycles. The number of hydrogen-bond acceptors (Lipinski definition) is 6. The molecule has 0 aliphatic rings. The van der Waals surface area contributed by atoms with Crippen molar-refractivity contribution < 1.29 is 28.0 Å². The van der Waals surface area contributed by atoms with Gasteiger partial charge < -0.3 is 24.8 Å². The van der Waals surface area contributed by atoms with E-state index in [2.05, 4.69) is 0 Å². The lowest BCUT2D eigenvalue weighted by Gasteiger charge is -2.19. The zero-order valence-electron chi connectivity index (χ0n) is 18.1. The highest BCUT2D eigenvalue weighted by molar-refractivity contribution is 7.49. The summed E-state index contributed by atoms with van der Waals surface area (Å²) in [5.74, 6) is 0.412. The molecule has 3 aromatic carbocycles. The van der Waals surface area contributed by atoms with Gasteiger partial charge in [0.15, 0.2) is 0 Å². The van der Waals surface area contributed by atoms with Crippen molar-refractivity contribution in [3.8, 4) is 17.2 Å². The molecule has 0 aromatic heterocycles. The van der Waals surface area contributed by atoms with E-state index in [1.165, 1.54) is 0 Å². The van der Waals surface area contributed by atoms with Crippen molar-refractivity contribution in [2.45, 2.75) is 27.7 Å². The Morgan fingerprint density at radius 2 is 0.839 bits per heavy atom. The quantitative estimate of drug-likeness (QED) is 0.415. The third kappa shape index (κ3) is 9.38. The van der Waals surface area contributed by atoms with Crippen molar-refractivity contribution in [3.63, 3.8) is 0 Å². The number of phosphoric ester groups is 1. The predicted molar refractivity (Wildman–Crippen MR) is 121 cm³/mol. The summed E-state index contributed by atoms with van der Waals surface area (Å²) in [5, 5.41) is 7.42. The fraction of sp³-hybridized carbons (Fsp3) is 0.174. The van der Waals surface area contributed by atoms with Gasteiger partial charge in [-0.3, -0.25) is 4.79 Å². The summed E-state index contributed by atoms with van der Waals surface area (Å²) in [6.45, 7) is 6.99. The number of aryl methyl sites for hydroxylation is 3. The number of phosphoric acid groups is 1. The Kier molecular flexibility index (Phi) is 9.80. The first-order valence-electron chi connectivity index (χ1n) is 9.23. The molecule has 0 fully saturated rings. The highest BCUT2D eigenvalue weighted by Crippen LogP contribution is 2.49. The van der Waals surface area contributed by atoms with Gasteiger partial charge in [-0.1, -0.05) is 53.1 Å². The number of carbonyl (C=O) groups is 1. The predicted octanol–water partition coefficient (Wildman–Crippen LogP) is 6.51. The number of rotatable bonds is 6. The highest BCUT2D eigenvalue weighted by atomic mass is 31.2. The topological polar surface area (TPSA) is 117 Å². The van der Waals surface area contributed by atoms with E-state index in [1.807, 2.05) is 57.2 Å². The Morgan fingerprint density at radius 1 is 0.645 bits per heavy atom. The fourth-order valence-corrected chi connectivity index (χ4v) is 3.49. The van der Waals surface area contributed by atoms with Crippen LogP contribution < -0.4 is 19.7 Å². The van der Waals surface area contributed by atoms with Crippen LogP contribution in [0, 0.1) is 20.8 Å². The number of benzene rings is 3. The van der Waals surface area contributed by atoms with E-state index in [-0.39, 0.29) is 6.15 Å². The van der Waals surface area contributed by atoms with Crippen molar-refractivity contribution >= 4 is 13.8 Å². The molecule has 0 aliphatic carbocycles. The minimum absolute atomic E-state index is 0. The summed E-state index contributed by atoms with van der Waals surface area (Å²) in [7, 11) is -3.93. The van der Waals surface area contributed by atoms with Crippen LogP contribution in [0.2, 0.25) is 0 Å². The minimum Gasteiger partial charge on any atom is -0.481 e. The molecule has 3 rings (SSSR count). The lowest BCUT2D eigenvalue weighted by molar-refractivity contribution is -0.134. The van der Waals surface area contributed by atoms with E-state index in [9.17, 15) is 4.57 Å². The van der Waals surface area contributed by atoms with Crippen LogP contribution in [0.4, 0.5) is 0 Å². The van der Waals surface area contributed by atoms with Crippen molar-refractivity contribution in [1.29, 1.82) is 0 Å². The lowest BCUT2D eigenvalue weighted by Crippen LogP contribution is -2.07. The average Bonchev–Trinajstić information content (AvgIpc) is 2.67. The van der Waals surface area contributed by atoms with Gasteiger partial charge in [0.2, 0.25) is 0 Å². The van der Waals surface area contributed by atoms with Crippen molar-refractivity contribution in [2.75, 3.05) is 0 Å². The second-order valence-corrected chi connectivity index (χ2v) is 8.12. The molecule has 0 bridgehead atoms. The van der Waals surface area contributed by atoms with Crippen LogP contribution in [0.15, 0.2) is 72.8 Å². The maximum absolute atomic E-state index is 13.3. The first-order valence-corrected chi connectivity index (χ1v) is 10.7. The third-order valence-corrected chi connectivity index (χ3v) is 5.02. The van der Waals surface area contributed by atoms with Gasteiger partial charge in [0.25, 0.3) is 5.97 Å². The van der Waals surface area contributed by atoms with Crippen LogP contribution in [0.1, 0.15) is 23.6 Å². The van der Waals surface area contributed by atoms with Crippen LogP contribution in [-0.2, 0) is 9.36 Å². The van der Waals surface area contributed by atoms with Gasteiger partial charge in [0.05, 0.1) is 0 Å². The average molecular weight is 445 g/mol. The van der Waals surface area contributed by atoms with E-state index in [0.29, 0.717) is 17.2 Å². The SMILES string of the molecule is CC(=O)O.Cc1ccc(OP(=O)(Oc2ccc(C)cc2)Oc2ccc(C)cc2)cc1.N. The summed E-state index contributed by atoms with van der Waals surface area (Å²) in [6.07, 6.45) is 0. The van der Waals surface area contributed by atoms with Crippen LogP contribution in [0.25, 0.3) is 0 Å². The number of hydrogen-bond donors (Lipinski definition) is 2. The molecule has 3 aromatic rings. The molecule has 0 radical (unpaired) electrons. The molecule has 166 valence electrons. The van der Waals surface area contributed by atoms with Crippen molar-refractivity contribution in [3.05, 3.63) is 89.5 Å².